The van der Waals surface area contributed by atoms with E-state index in [1.54, 1.807) is 12.3 Å². The van der Waals surface area contributed by atoms with Crippen LogP contribution in [0.15, 0.2) is 30.5 Å². The number of rotatable bonds is 13. The molecular formula is C31H39F3N4O3. The minimum atomic E-state index is -4.65. The molecule has 0 spiro atoms. The fourth-order valence-electron chi connectivity index (χ4n) is 4.94. The van der Waals surface area contributed by atoms with Gasteiger partial charge < -0.3 is 14.5 Å². The summed E-state index contributed by atoms with van der Waals surface area (Å²) in [6, 6.07) is 7.35. The van der Waals surface area contributed by atoms with Crippen LogP contribution in [0.5, 0.6) is 5.75 Å². The van der Waals surface area contributed by atoms with Crippen LogP contribution in [0.2, 0.25) is 0 Å². The Labute approximate surface area is 239 Å². The van der Waals surface area contributed by atoms with Crippen LogP contribution in [-0.2, 0) is 15.7 Å². The number of halogens is 3. The van der Waals surface area contributed by atoms with Crippen molar-refractivity contribution < 1.29 is 27.4 Å². The van der Waals surface area contributed by atoms with Crippen molar-refractivity contribution in [3.8, 4) is 23.1 Å². The number of aromatic amines is 1. The Morgan fingerprint density at radius 2 is 1.83 bits per heavy atom. The van der Waals surface area contributed by atoms with Crippen molar-refractivity contribution in [1.82, 2.24) is 15.0 Å². The molecule has 0 amide bonds. The molecule has 1 aromatic carbocycles. The maximum atomic E-state index is 14.1. The second kappa shape index (κ2) is 13.8. The zero-order valence-electron chi connectivity index (χ0n) is 24.4. The lowest BCUT2D eigenvalue weighted by molar-refractivity contribution is -0.160. The second-order valence-corrected chi connectivity index (χ2v) is 11.3. The number of H-pyrrole nitrogens is 1. The van der Waals surface area contributed by atoms with E-state index in [0.717, 1.165) is 38.2 Å². The van der Waals surface area contributed by atoms with Crippen LogP contribution in [0.3, 0.4) is 0 Å². The number of nitrogens with one attached hydrogen (secondary N) is 1. The smallest absolute Gasteiger partial charge is 0.419 e. The van der Waals surface area contributed by atoms with E-state index < -0.39 is 17.3 Å². The number of esters is 1. The van der Waals surface area contributed by atoms with Gasteiger partial charge in [0, 0.05) is 17.1 Å². The second-order valence-electron chi connectivity index (χ2n) is 11.3. The first kappa shape index (κ1) is 31.9. The van der Waals surface area contributed by atoms with Gasteiger partial charge in [-0.15, -0.1) is 0 Å². The van der Waals surface area contributed by atoms with E-state index in [-0.39, 0.29) is 47.2 Å². The van der Waals surface area contributed by atoms with Crippen molar-refractivity contribution in [2.24, 2.45) is 11.8 Å². The summed E-state index contributed by atoms with van der Waals surface area (Å²) in [6.07, 6.45) is 2.56. The molecule has 7 nitrogen and oxygen atoms in total. The van der Waals surface area contributed by atoms with Gasteiger partial charge in [0.05, 0.1) is 23.8 Å². The molecule has 0 radical (unpaired) electrons. The molecule has 0 fully saturated rings. The van der Waals surface area contributed by atoms with Crippen LogP contribution in [-0.4, -0.2) is 33.1 Å². The van der Waals surface area contributed by atoms with E-state index >= 15 is 0 Å². The molecule has 2 aromatic heterocycles. The molecule has 2 unspecified atom stereocenters. The minimum Gasteiger partial charge on any atom is -0.493 e. The highest BCUT2D eigenvalue weighted by molar-refractivity contribution is 5.91. The maximum Gasteiger partial charge on any atom is 0.419 e. The SMILES string of the molecule is CCCC(CCCC(CC)C(=O)OC(C)(C)C)CCOc1ccc(-c2nc(C#N)nc3[nH]ccc23)cc1C(F)(F)F. The molecule has 2 atom stereocenters. The highest BCUT2D eigenvalue weighted by atomic mass is 19.4. The topological polar surface area (TPSA) is 101 Å². The number of hydrogen-bond donors (Lipinski definition) is 1. The lowest BCUT2D eigenvalue weighted by Crippen LogP contribution is -2.28. The number of carbonyl (C=O) groups excluding carboxylic acids is 1. The van der Waals surface area contributed by atoms with Crippen molar-refractivity contribution in [2.45, 2.75) is 91.3 Å². The summed E-state index contributed by atoms with van der Waals surface area (Å²) in [5.74, 6) is -0.444. The Hall–Kier alpha value is -3.61. The molecule has 222 valence electrons. The molecule has 0 aliphatic rings. The van der Waals surface area contributed by atoms with E-state index in [0.29, 0.717) is 23.9 Å². The number of ether oxygens (including phenoxy) is 2. The third kappa shape index (κ3) is 8.94. The fraction of sp³-hybridized carbons (Fsp3) is 0.548. The largest absolute Gasteiger partial charge is 0.493 e. The van der Waals surface area contributed by atoms with Gasteiger partial charge in [-0.25, -0.2) is 9.97 Å². The van der Waals surface area contributed by atoms with E-state index in [1.165, 1.54) is 12.1 Å². The van der Waals surface area contributed by atoms with Crippen LogP contribution in [0.1, 0.15) is 91.0 Å². The maximum absolute atomic E-state index is 14.1. The number of hydrogen-bond acceptors (Lipinski definition) is 6. The normalized spacial score (nSPS) is 13.5. The highest BCUT2D eigenvalue weighted by Crippen LogP contribution is 2.40. The average molecular weight is 573 g/mol. The molecular weight excluding hydrogens is 533 g/mol. The predicted molar refractivity (Wildman–Crippen MR) is 151 cm³/mol. The summed E-state index contributed by atoms with van der Waals surface area (Å²) in [6.45, 7) is 9.76. The quantitative estimate of drug-likeness (QED) is 0.207. The van der Waals surface area contributed by atoms with E-state index in [4.69, 9.17) is 9.47 Å². The Morgan fingerprint density at radius 3 is 2.46 bits per heavy atom. The number of nitriles is 1. The number of alkyl halides is 3. The van der Waals surface area contributed by atoms with Gasteiger partial charge >= 0.3 is 12.1 Å². The van der Waals surface area contributed by atoms with Gasteiger partial charge in [-0.05, 0) is 70.2 Å². The van der Waals surface area contributed by atoms with E-state index in [9.17, 15) is 23.2 Å². The van der Waals surface area contributed by atoms with Crippen LogP contribution in [0.25, 0.3) is 22.3 Å². The van der Waals surface area contributed by atoms with Gasteiger partial charge in [0.2, 0.25) is 5.82 Å². The number of benzene rings is 1. The molecule has 41 heavy (non-hydrogen) atoms. The standard InChI is InChI=1S/C31H39F3N4O3/c1-6-9-20(10-8-11-21(7-2)29(39)41-30(3,4)5)15-17-40-25-13-12-22(18-24(25)31(32,33)34)27-23-14-16-36-28(23)38-26(19-35)37-27/h12-14,16,18,20-21H,6-11,15,17H2,1-5H3,(H,36,37,38). The Balaban J connectivity index is 1.68. The third-order valence-corrected chi connectivity index (χ3v) is 6.95. The fourth-order valence-corrected chi connectivity index (χ4v) is 4.94. The van der Waals surface area contributed by atoms with Crippen molar-refractivity contribution in [2.75, 3.05) is 6.61 Å². The summed E-state index contributed by atoms with van der Waals surface area (Å²) < 4.78 is 53.5. The Kier molecular flexibility index (Phi) is 10.8. The number of fused-ring (bicyclic) bond motifs is 1. The molecule has 0 bridgehead atoms. The van der Waals surface area contributed by atoms with Crippen molar-refractivity contribution >= 4 is 17.0 Å². The molecule has 2 heterocycles. The lowest BCUT2D eigenvalue weighted by Gasteiger charge is -2.24. The number of carbonyl (C=O) groups is 1. The van der Waals surface area contributed by atoms with Crippen LogP contribution < -0.4 is 4.74 Å². The summed E-state index contributed by atoms with van der Waals surface area (Å²) in [7, 11) is 0. The Morgan fingerprint density at radius 1 is 1.07 bits per heavy atom. The highest BCUT2D eigenvalue weighted by Gasteiger charge is 2.35. The summed E-state index contributed by atoms with van der Waals surface area (Å²) >= 11 is 0. The number of aromatic nitrogens is 3. The molecule has 1 N–H and O–H groups in total. The summed E-state index contributed by atoms with van der Waals surface area (Å²) in [4.78, 5) is 23.6. The van der Waals surface area contributed by atoms with E-state index in [2.05, 4.69) is 21.9 Å². The molecule has 3 aromatic rings. The zero-order chi connectivity index (χ0) is 30.2. The first-order valence-electron chi connectivity index (χ1n) is 14.2. The molecule has 0 aliphatic heterocycles. The van der Waals surface area contributed by atoms with Gasteiger partial charge in [-0.2, -0.15) is 18.4 Å². The number of nitrogens with zero attached hydrogens (tertiary/aromatic N) is 3. The predicted octanol–water partition coefficient (Wildman–Crippen LogP) is 8.24. The zero-order valence-corrected chi connectivity index (χ0v) is 24.4. The van der Waals surface area contributed by atoms with Crippen LogP contribution >= 0.6 is 0 Å². The third-order valence-electron chi connectivity index (χ3n) is 6.95. The van der Waals surface area contributed by atoms with Crippen LogP contribution in [0, 0.1) is 23.2 Å². The Bertz CT molecular complexity index is 1360. The lowest BCUT2D eigenvalue weighted by atomic mass is 9.90. The van der Waals surface area contributed by atoms with Crippen molar-refractivity contribution in [3.05, 3.63) is 41.9 Å². The van der Waals surface area contributed by atoms with Crippen molar-refractivity contribution in [3.63, 3.8) is 0 Å². The van der Waals surface area contributed by atoms with Gasteiger partial charge in [0.1, 0.15) is 23.1 Å². The van der Waals surface area contributed by atoms with Crippen LogP contribution in [0.4, 0.5) is 13.2 Å². The average Bonchev–Trinajstić information content (AvgIpc) is 3.37. The van der Waals surface area contributed by atoms with Gasteiger partial charge in [0.25, 0.3) is 0 Å². The molecule has 0 saturated heterocycles. The van der Waals surface area contributed by atoms with Gasteiger partial charge in [0.15, 0.2) is 0 Å². The van der Waals surface area contributed by atoms with E-state index in [1.807, 2.05) is 33.8 Å². The molecule has 0 aliphatic carbocycles. The summed E-state index contributed by atoms with van der Waals surface area (Å²) in [5, 5.41) is 9.78. The first-order chi connectivity index (χ1) is 19.4. The summed E-state index contributed by atoms with van der Waals surface area (Å²) in [5.41, 5.74) is -0.593. The van der Waals surface area contributed by atoms with Gasteiger partial charge in [-0.1, -0.05) is 39.5 Å². The molecule has 3 rings (SSSR count). The van der Waals surface area contributed by atoms with Gasteiger partial charge in [-0.3, -0.25) is 4.79 Å². The molecule has 10 heteroatoms. The monoisotopic (exact) mass is 572 g/mol. The van der Waals surface area contributed by atoms with Crippen molar-refractivity contribution in [1.29, 1.82) is 5.26 Å². The molecule has 0 saturated carbocycles. The minimum absolute atomic E-state index is 0.137. The first-order valence-corrected chi connectivity index (χ1v) is 14.2.